The van der Waals surface area contributed by atoms with Gasteiger partial charge in [0.25, 0.3) is 0 Å². The molecule has 5 nitrogen and oxygen atoms in total. The number of nitrogens with zero attached hydrogens (tertiary/aromatic N) is 3. The van der Waals surface area contributed by atoms with Gasteiger partial charge in [0, 0.05) is 5.56 Å². The van der Waals surface area contributed by atoms with Gasteiger partial charge in [-0.3, -0.25) is 0 Å². The average Bonchev–Trinajstić information content (AvgIpc) is 3.17. The van der Waals surface area contributed by atoms with Gasteiger partial charge in [-0.25, -0.2) is 9.97 Å². The summed E-state index contributed by atoms with van der Waals surface area (Å²) in [6.07, 6.45) is 0. The van der Waals surface area contributed by atoms with Gasteiger partial charge in [0.15, 0.2) is 0 Å². The van der Waals surface area contributed by atoms with Crippen molar-refractivity contribution in [2.75, 3.05) is 0 Å². The van der Waals surface area contributed by atoms with Crippen LogP contribution in [0, 0.1) is 6.92 Å². The van der Waals surface area contributed by atoms with Crippen molar-refractivity contribution in [1.82, 2.24) is 14.5 Å². The lowest BCUT2D eigenvalue weighted by molar-refractivity contribution is 0.267. The predicted molar refractivity (Wildman–Crippen MR) is 91.4 cm³/mol. The number of hydrogen-bond donors (Lipinski definition) is 1. The lowest BCUT2D eigenvalue weighted by Gasteiger charge is -2.05. The van der Waals surface area contributed by atoms with Gasteiger partial charge in [0.05, 0.1) is 17.6 Å². The first-order valence-electron chi connectivity index (χ1n) is 7.83. The number of benzene rings is 2. The Hall–Kier alpha value is -2.92. The highest BCUT2D eigenvalue weighted by molar-refractivity contribution is 5.76. The third-order valence-electron chi connectivity index (χ3n) is 4.10. The second-order valence-electron chi connectivity index (χ2n) is 5.65. The number of aryl methyl sites for hydroxylation is 1. The molecule has 0 fully saturated rings. The highest BCUT2D eigenvalue weighted by atomic mass is 16.4. The molecule has 0 saturated heterocycles. The minimum Gasteiger partial charge on any atom is -0.441 e. The molecule has 2 aromatic heterocycles. The van der Waals surface area contributed by atoms with Gasteiger partial charge >= 0.3 is 0 Å². The average molecular weight is 319 g/mol. The molecule has 0 aliphatic carbocycles. The lowest BCUT2D eigenvalue weighted by atomic mass is 10.2. The van der Waals surface area contributed by atoms with Crippen LogP contribution in [0.4, 0.5) is 0 Å². The Morgan fingerprint density at radius 3 is 2.54 bits per heavy atom. The minimum absolute atomic E-state index is 0.114. The van der Waals surface area contributed by atoms with Crippen molar-refractivity contribution in [1.29, 1.82) is 0 Å². The highest BCUT2D eigenvalue weighted by Crippen LogP contribution is 2.24. The van der Waals surface area contributed by atoms with Crippen molar-refractivity contribution in [3.63, 3.8) is 0 Å². The summed E-state index contributed by atoms with van der Waals surface area (Å²) in [6.45, 7) is 2.31. The maximum absolute atomic E-state index is 9.62. The molecule has 5 heteroatoms. The van der Waals surface area contributed by atoms with Gasteiger partial charge in [-0.15, -0.1) is 0 Å². The van der Waals surface area contributed by atoms with Crippen molar-refractivity contribution in [2.45, 2.75) is 20.1 Å². The number of hydrogen-bond acceptors (Lipinski definition) is 4. The number of imidazole rings is 1. The van der Waals surface area contributed by atoms with Crippen molar-refractivity contribution in [3.05, 3.63) is 71.9 Å². The normalized spacial score (nSPS) is 11.2. The SMILES string of the molecule is Cc1oc(-c2ccccc2)nc1Cn1c(CO)nc2ccccc21. The summed E-state index contributed by atoms with van der Waals surface area (Å²) < 4.78 is 7.81. The molecule has 4 rings (SSSR count). The fourth-order valence-electron chi connectivity index (χ4n) is 2.85. The Balaban J connectivity index is 1.75. The largest absolute Gasteiger partial charge is 0.441 e. The Bertz CT molecular complexity index is 986. The van der Waals surface area contributed by atoms with E-state index in [1.807, 2.05) is 66.1 Å². The van der Waals surface area contributed by atoms with Crippen LogP contribution in [0.3, 0.4) is 0 Å². The fraction of sp³-hybridized carbons (Fsp3) is 0.158. The van der Waals surface area contributed by atoms with Crippen LogP contribution in [0.5, 0.6) is 0 Å². The molecule has 24 heavy (non-hydrogen) atoms. The Labute approximate surface area is 139 Å². The molecule has 1 N–H and O–H groups in total. The zero-order valence-electron chi connectivity index (χ0n) is 13.3. The molecule has 0 unspecified atom stereocenters. The summed E-state index contributed by atoms with van der Waals surface area (Å²) in [7, 11) is 0. The molecular formula is C19H17N3O2. The molecule has 120 valence electrons. The molecule has 0 amide bonds. The zero-order valence-corrected chi connectivity index (χ0v) is 13.3. The van der Waals surface area contributed by atoms with Crippen LogP contribution < -0.4 is 0 Å². The van der Waals surface area contributed by atoms with Crippen LogP contribution in [0.25, 0.3) is 22.5 Å². The van der Waals surface area contributed by atoms with Crippen molar-refractivity contribution in [2.24, 2.45) is 0 Å². The monoisotopic (exact) mass is 319 g/mol. The fourth-order valence-corrected chi connectivity index (χ4v) is 2.85. The number of aromatic nitrogens is 3. The second kappa shape index (κ2) is 5.94. The molecule has 0 atom stereocenters. The van der Waals surface area contributed by atoms with E-state index in [4.69, 9.17) is 4.42 Å². The van der Waals surface area contributed by atoms with E-state index >= 15 is 0 Å². The molecule has 0 bridgehead atoms. The van der Waals surface area contributed by atoms with E-state index < -0.39 is 0 Å². The van der Waals surface area contributed by atoms with Crippen molar-refractivity contribution < 1.29 is 9.52 Å². The first-order valence-corrected chi connectivity index (χ1v) is 7.83. The Morgan fingerprint density at radius 1 is 1.00 bits per heavy atom. The molecular weight excluding hydrogens is 302 g/mol. The third-order valence-corrected chi connectivity index (χ3v) is 4.10. The maximum Gasteiger partial charge on any atom is 0.226 e. The van der Waals surface area contributed by atoms with Crippen molar-refractivity contribution in [3.8, 4) is 11.5 Å². The van der Waals surface area contributed by atoms with E-state index in [9.17, 15) is 5.11 Å². The van der Waals surface area contributed by atoms with Crippen molar-refractivity contribution >= 4 is 11.0 Å². The summed E-state index contributed by atoms with van der Waals surface area (Å²) in [6, 6.07) is 17.7. The summed E-state index contributed by atoms with van der Waals surface area (Å²) >= 11 is 0. The number of para-hydroxylation sites is 2. The van der Waals surface area contributed by atoms with Crippen LogP contribution in [-0.4, -0.2) is 19.6 Å². The second-order valence-corrected chi connectivity index (χ2v) is 5.65. The molecule has 0 spiro atoms. The molecule has 0 aliphatic rings. The van der Waals surface area contributed by atoms with Crippen LogP contribution in [0.2, 0.25) is 0 Å². The summed E-state index contributed by atoms with van der Waals surface area (Å²) in [5.74, 6) is 2.01. The molecule has 0 saturated carbocycles. The quantitative estimate of drug-likeness (QED) is 0.625. The Morgan fingerprint density at radius 2 is 1.75 bits per heavy atom. The van der Waals surface area contributed by atoms with Gasteiger partial charge in [-0.2, -0.15) is 0 Å². The number of aliphatic hydroxyl groups excluding tert-OH is 1. The molecule has 2 aromatic carbocycles. The summed E-state index contributed by atoms with van der Waals surface area (Å²) in [5.41, 5.74) is 3.63. The van der Waals surface area contributed by atoms with E-state index in [2.05, 4.69) is 9.97 Å². The van der Waals surface area contributed by atoms with Gasteiger partial charge in [-0.1, -0.05) is 30.3 Å². The van der Waals surface area contributed by atoms with E-state index in [0.29, 0.717) is 18.3 Å². The molecule has 2 heterocycles. The van der Waals surface area contributed by atoms with Gasteiger partial charge in [-0.05, 0) is 31.2 Å². The van der Waals surface area contributed by atoms with Gasteiger partial charge < -0.3 is 14.1 Å². The number of fused-ring (bicyclic) bond motifs is 1. The first kappa shape index (κ1) is 14.7. The van der Waals surface area contributed by atoms with E-state index in [-0.39, 0.29) is 6.61 Å². The molecule has 0 aliphatic heterocycles. The predicted octanol–water partition coefficient (Wildman–Crippen LogP) is 3.54. The van der Waals surface area contributed by atoms with Gasteiger partial charge in [0.1, 0.15) is 23.9 Å². The zero-order chi connectivity index (χ0) is 16.5. The Kier molecular flexibility index (Phi) is 3.63. The van der Waals surface area contributed by atoms with Crippen LogP contribution in [0.1, 0.15) is 17.3 Å². The van der Waals surface area contributed by atoms with E-state index in [0.717, 1.165) is 28.1 Å². The summed E-state index contributed by atoms with van der Waals surface area (Å²) in [5, 5.41) is 9.62. The number of oxazole rings is 1. The number of aliphatic hydroxyl groups is 1. The third kappa shape index (κ3) is 2.49. The van der Waals surface area contributed by atoms with Gasteiger partial charge in [0.2, 0.25) is 5.89 Å². The van der Waals surface area contributed by atoms with Crippen LogP contribution in [0.15, 0.2) is 59.0 Å². The maximum atomic E-state index is 9.62. The highest BCUT2D eigenvalue weighted by Gasteiger charge is 2.15. The minimum atomic E-state index is -0.114. The first-order chi connectivity index (χ1) is 11.8. The van der Waals surface area contributed by atoms with Crippen LogP contribution in [-0.2, 0) is 13.2 Å². The van der Waals surface area contributed by atoms with Crippen LogP contribution >= 0.6 is 0 Å². The smallest absolute Gasteiger partial charge is 0.226 e. The summed E-state index contributed by atoms with van der Waals surface area (Å²) in [4.78, 5) is 9.12. The molecule has 4 aromatic rings. The topological polar surface area (TPSA) is 64.1 Å². The lowest BCUT2D eigenvalue weighted by Crippen LogP contribution is -2.06. The molecule has 0 radical (unpaired) electrons. The standard InChI is InChI=1S/C19H17N3O2/c1-13-16(21-19(24-13)14-7-3-2-4-8-14)11-22-17-10-6-5-9-15(17)20-18(22)12-23/h2-10,23H,11-12H2,1H3. The van der Waals surface area contributed by atoms with E-state index in [1.54, 1.807) is 0 Å². The van der Waals surface area contributed by atoms with E-state index in [1.165, 1.54) is 0 Å². The number of rotatable bonds is 4.